The van der Waals surface area contributed by atoms with E-state index in [-0.39, 0.29) is 18.5 Å². The highest BCUT2D eigenvalue weighted by atomic mass is 35.5. The molecule has 0 aliphatic carbocycles. The topological polar surface area (TPSA) is 61.6 Å². The summed E-state index contributed by atoms with van der Waals surface area (Å²) in [5, 5.41) is 0.588. The highest BCUT2D eigenvalue weighted by Gasteiger charge is 2.30. The molecule has 1 saturated heterocycles. The number of halogens is 2. The van der Waals surface area contributed by atoms with E-state index in [4.69, 9.17) is 26.8 Å². The van der Waals surface area contributed by atoms with E-state index in [1.165, 1.54) is 0 Å². The summed E-state index contributed by atoms with van der Waals surface area (Å²) in [5.74, 6) is 0.740. The SMILES string of the molecule is Cc1ccc(C(N)(C=O)c2ccc(OC3CCOC3)cc2)cc1Cl.Cl. The van der Waals surface area contributed by atoms with E-state index in [1.807, 2.05) is 43.3 Å². The summed E-state index contributed by atoms with van der Waals surface area (Å²) < 4.78 is 11.1. The van der Waals surface area contributed by atoms with Crippen LogP contribution < -0.4 is 10.5 Å². The largest absolute Gasteiger partial charge is 0.488 e. The number of aryl methyl sites for hydroxylation is 1. The van der Waals surface area contributed by atoms with Gasteiger partial charge in [-0.25, -0.2) is 0 Å². The molecular formula is C19H21Cl2NO3. The standard InChI is InChI=1S/C19H20ClNO3.ClH/c1-13-2-3-15(10-18(13)20)19(21,12-22)14-4-6-16(7-5-14)24-17-8-9-23-11-17;/h2-7,10,12,17H,8-9,11,21H2,1H3;1H. The van der Waals surface area contributed by atoms with Crippen LogP contribution in [-0.4, -0.2) is 25.6 Å². The number of aldehydes is 1. The molecule has 2 atom stereocenters. The van der Waals surface area contributed by atoms with Gasteiger partial charge in [-0.3, -0.25) is 0 Å². The van der Waals surface area contributed by atoms with Crippen LogP contribution in [0.1, 0.15) is 23.1 Å². The Morgan fingerprint density at radius 3 is 2.48 bits per heavy atom. The summed E-state index contributed by atoms with van der Waals surface area (Å²) in [6, 6.07) is 12.7. The molecule has 2 N–H and O–H groups in total. The number of rotatable bonds is 5. The lowest BCUT2D eigenvalue weighted by molar-refractivity contribution is -0.111. The molecule has 0 bridgehead atoms. The van der Waals surface area contributed by atoms with E-state index >= 15 is 0 Å². The van der Waals surface area contributed by atoms with Crippen molar-refractivity contribution in [1.82, 2.24) is 0 Å². The van der Waals surface area contributed by atoms with Gasteiger partial charge in [-0.2, -0.15) is 0 Å². The van der Waals surface area contributed by atoms with Gasteiger partial charge in [0.1, 0.15) is 23.7 Å². The maximum atomic E-state index is 11.8. The minimum atomic E-state index is -1.24. The third-order valence-electron chi connectivity index (χ3n) is 4.36. The van der Waals surface area contributed by atoms with Gasteiger partial charge in [0.25, 0.3) is 0 Å². The van der Waals surface area contributed by atoms with Gasteiger partial charge in [0, 0.05) is 11.4 Å². The molecule has 3 rings (SSSR count). The second-order valence-electron chi connectivity index (χ2n) is 6.08. The fourth-order valence-electron chi connectivity index (χ4n) is 2.76. The minimum Gasteiger partial charge on any atom is -0.488 e. The van der Waals surface area contributed by atoms with Crippen LogP contribution in [0.25, 0.3) is 0 Å². The summed E-state index contributed by atoms with van der Waals surface area (Å²) in [6.45, 7) is 3.25. The van der Waals surface area contributed by atoms with Gasteiger partial charge in [0.05, 0.1) is 13.2 Å². The van der Waals surface area contributed by atoms with E-state index in [0.717, 1.165) is 30.6 Å². The molecule has 1 heterocycles. The number of hydrogen-bond donors (Lipinski definition) is 1. The molecule has 0 radical (unpaired) electrons. The number of nitrogens with two attached hydrogens (primary N) is 1. The number of carbonyl (C=O) groups excluding carboxylic acids is 1. The number of carbonyl (C=O) groups is 1. The number of ether oxygens (including phenoxy) is 2. The monoisotopic (exact) mass is 381 g/mol. The van der Waals surface area contributed by atoms with Crippen LogP contribution in [-0.2, 0) is 15.1 Å². The van der Waals surface area contributed by atoms with Crippen LogP contribution in [0.15, 0.2) is 42.5 Å². The maximum absolute atomic E-state index is 11.8. The van der Waals surface area contributed by atoms with Gasteiger partial charge >= 0.3 is 0 Å². The van der Waals surface area contributed by atoms with Crippen molar-refractivity contribution in [3.05, 3.63) is 64.2 Å². The van der Waals surface area contributed by atoms with Gasteiger partial charge in [0.15, 0.2) is 0 Å². The minimum absolute atomic E-state index is 0. The first-order chi connectivity index (χ1) is 11.5. The average molecular weight is 382 g/mol. The van der Waals surface area contributed by atoms with Gasteiger partial charge in [-0.05, 0) is 41.8 Å². The second kappa shape index (κ2) is 8.19. The van der Waals surface area contributed by atoms with E-state index < -0.39 is 5.54 Å². The van der Waals surface area contributed by atoms with Crippen molar-refractivity contribution in [3.8, 4) is 5.75 Å². The first kappa shape index (κ1) is 19.7. The third-order valence-corrected chi connectivity index (χ3v) is 4.77. The van der Waals surface area contributed by atoms with Crippen LogP contribution in [0, 0.1) is 6.92 Å². The Morgan fingerprint density at radius 2 is 1.92 bits per heavy atom. The Hall–Kier alpha value is -1.59. The van der Waals surface area contributed by atoms with Crippen LogP contribution in [0.2, 0.25) is 5.02 Å². The first-order valence-corrected chi connectivity index (χ1v) is 8.27. The molecule has 0 amide bonds. The van der Waals surface area contributed by atoms with E-state index in [1.54, 1.807) is 6.07 Å². The second-order valence-corrected chi connectivity index (χ2v) is 6.49. The zero-order chi connectivity index (χ0) is 17.2. The normalized spacial score (nSPS) is 18.9. The van der Waals surface area contributed by atoms with Gasteiger partial charge in [-0.1, -0.05) is 35.9 Å². The zero-order valence-corrected chi connectivity index (χ0v) is 15.5. The van der Waals surface area contributed by atoms with Gasteiger partial charge in [-0.15, -0.1) is 12.4 Å². The zero-order valence-electron chi connectivity index (χ0n) is 13.9. The van der Waals surface area contributed by atoms with Crippen molar-refractivity contribution < 1.29 is 14.3 Å². The van der Waals surface area contributed by atoms with Gasteiger partial charge in [0.2, 0.25) is 0 Å². The van der Waals surface area contributed by atoms with Gasteiger partial charge < -0.3 is 20.0 Å². The Balaban J connectivity index is 0.00000225. The molecular weight excluding hydrogens is 361 g/mol. The molecule has 2 aromatic rings. The Kier molecular flexibility index (Phi) is 6.47. The fourth-order valence-corrected chi connectivity index (χ4v) is 2.94. The highest BCUT2D eigenvalue weighted by Crippen LogP contribution is 2.30. The molecule has 0 spiro atoms. The molecule has 1 aliphatic rings. The van der Waals surface area contributed by atoms with Crippen molar-refractivity contribution in [2.75, 3.05) is 13.2 Å². The summed E-state index contributed by atoms with van der Waals surface area (Å²) in [7, 11) is 0. The predicted molar refractivity (Wildman–Crippen MR) is 101 cm³/mol. The van der Waals surface area contributed by atoms with Crippen LogP contribution in [0.4, 0.5) is 0 Å². The van der Waals surface area contributed by atoms with E-state index in [0.29, 0.717) is 22.8 Å². The van der Waals surface area contributed by atoms with E-state index in [2.05, 4.69) is 0 Å². The smallest absolute Gasteiger partial charge is 0.148 e. The summed E-state index contributed by atoms with van der Waals surface area (Å²) >= 11 is 6.18. The Morgan fingerprint density at radius 1 is 1.24 bits per heavy atom. The molecule has 2 aromatic carbocycles. The summed E-state index contributed by atoms with van der Waals surface area (Å²) in [6.07, 6.45) is 1.72. The van der Waals surface area contributed by atoms with Crippen molar-refractivity contribution in [2.45, 2.75) is 25.0 Å². The number of hydrogen-bond acceptors (Lipinski definition) is 4. The molecule has 1 aliphatic heterocycles. The van der Waals surface area contributed by atoms with Crippen LogP contribution in [0.3, 0.4) is 0 Å². The molecule has 4 nitrogen and oxygen atoms in total. The lowest BCUT2D eigenvalue weighted by atomic mass is 9.85. The lowest BCUT2D eigenvalue weighted by Crippen LogP contribution is -2.39. The molecule has 25 heavy (non-hydrogen) atoms. The quantitative estimate of drug-likeness (QED) is 0.803. The van der Waals surface area contributed by atoms with Crippen molar-refractivity contribution in [2.24, 2.45) is 5.73 Å². The Labute approximate surface area is 158 Å². The molecule has 0 aromatic heterocycles. The maximum Gasteiger partial charge on any atom is 0.148 e. The lowest BCUT2D eigenvalue weighted by Gasteiger charge is -2.25. The van der Waals surface area contributed by atoms with E-state index in [9.17, 15) is 4.79 Å². The highest BCUT2D eigenvalue weighted by molar-refractivity contribution is 6.31. The molecule has 0 saturated carbocycles. The number of benzene rings is 2. The molecule has 134 valence electrons. The predicted octanol–water partition coefficient (Wildman–Crippen LogP) is 3.64. The first-order valence-electron chi connectivity index (χ1n) is 7.90. The van der Waals surface area contributed by atoms with Crippen molar-refractivity contribution in [3.63, 3.8) is 0 Å². The van der Waals surface area contributed by atoms with Crippen LogP contribution in [0.5, 0.6) is 5.75 Å². The molecule has 2 unspecified atom stereocenters. The summed E-state index contributed by atoms with van der Waals surface area (Å²) in [5.41, 5.74) is 7.43. The fraction of sp³-hybridized carbons (Fsp3) is 0.316. The molecule has 6 heteroatoms. The van der Waals surface area contributed by atoms with Crippen molar-refractivity contribution >= 4 is 30.3 Å². The van der Waals surface area contributed by atoms with Crippen molar-refractivity contribution in [1.29, 1.82) is 0 Å². The van der Waals surface area contributed by atoms with Crippen LogP contribution >= 0.6 is 24.0 Å². The Bertz CT molecular complexity index is 730. The summed E-state index contributed by atoms with van der Waals surface area (Å²) in [4.78, 5) is 11.8. The third kappa shape index (κ3) is 4.15. The molecule has 1 fully saturated rings. The average Bonchev–Trinajstić information content (AvgIpc) is 3.10.